The summed E-state index contributed by atoms with van der Waals surface area (Å²) in [5.41, 5.74) is -29.3. The second kappa shape index (κ2) is 41.6. The number of benzene rings is 5. The van der Waals surface area contributed by atoms with Gasteiger partial charge in [0.25, 0.3) is 0 Å². The van der Waals surface area contributed by atoms with Gasteiger partial charge in [-0.3, -0.25) is 4.79 Å². The third kappa shape index (κ3) is 31.1. The summed E-state index contributed by atoms with van der Waals surface area (Å²) in [6.45, 7) is 4.60. The first-order chi connectivity index (χ1) is 48.0. The molecular weight excluding hydrogens is 1430 g/mol. The molecule has 0 aliphatic rings. The van der Waals surface area contributed by atoms with Gasteiger partial charge in [0.1, 0.15) is 17.7 Å². The molecule has 0 aliphatic heterocycles. The van der Waals surface area contributed by atoms with E-state index in [1.54, 1.807) is 0 Å². The molecule has 0 unspecified atom stereocenters. The van der Waals surface area contributed by atoms with Crippen molar-refractivity contribution in [1.29, 1.82) is 0 Å². The Hall–Kier alpha value is -5.50. The highest BCUT2D eigenvalue weighted by Gasteiger charge is 2.47. The molecule has 5 aromatic carbocycles. The van der Waals surface area contributed by atoms with Crippen LogP contribution in [0.2, 0.25) is 0 Å². The molecule has 5 rings (SSSR count). The van der Waals surface area contributed by atoms with Crippen molar-refractivity contribution >= 4 is 44.7 Å². The normalized spacial score (nSPS) is 13.1. The van der Waals surface area contributed by atoms with Crippen LogP contribution in [0.25, 0.3) is 0 Å². The number of rotatable bonds is 41. The summed E-state index contributed by atoms with van der Waals surface area (Å²) in [6.07, 6.45) is -9.29. The molecule has 1 nitrogen and oxygen atoms in total. The van der Waals surface area contributed by atoms with Crippen molar-refractivity contribution in [2.24, 2.45) is 0 Å². The number of carbonyl (C=O) groups is 1. The van der Waals surface area contributed by atoms with Crippen LogP contribution in [0.3, 0.4) is 0 Å². The van der Waals surface area contributed by atoms with Crippen LogP contribution in [0, 0.1) is 0 Å². The van der Waals surface area contributed by atoms with Gasteiger partial charge in [-0.1, -0.05) is 272 Å². The highest BCUT2D eigenvalue weighted by atomic mass is 32.2. The van der Waals surface area contributed by atoms with E-state index in [4.69, 9.17) is 0 Å². The topological polar surface area (TPSA) is 17.1 Å². The molecule has 0 saturated heterocycles. The highest BCUT2D eigenvalue weighted by Crippen LogP contribution is 2.42. The minimum Gasteiger partial charge on any atom is -0.289 e. The molecule has 0 radical (unpaired) electrons. The summed E-state index contributed by atoms with van der Waals surface area (Å²) >= 11 is 0. The van der Waals surface area contributed by atoms with Crippen molar-refractivity contribution in [2.75, 3.05) is 17.3 Å². The Kier molecular flexibility index (Phi) is 36.3. The fraction of sp³-hybridized carbons (Fsp3) is 0.592. The first-order valence-electron chi connectivity index (χ1n) is 35.6. The van der Waals surface area contributed by atoms with Crippen molar-refractivity contribution in [3.63, 3.8) is 0 Å². The Morgan fingerprint density at radius 2 is 0.437 bits per heavy atom. The molecule has 103 heavy (non-hydrogen) atoms. The van der Waals surface area contributed by atoms with Crippen LogP contribution in [0.5, 0.6) is 0 Å². The smallest absolute Gasteiger partial charge is 0.289 e. The zero-order valence-corrected chi connectivity index (χ0v) is 58.8. The van der Waals surface area contributed by atoms with Crippen molar-refractivity contribution < 1.29 is 110 Å². The first-order valence-corrected chi connectivity index (χ1v) is 37.3. The number of Topliss-reactive ketones (excluding diaryl/α,β-unsaturated/α-hetero) is 1. The van der Waals surface area contributed by atoms with Crippen LogP contribution < -0.4 is 21.9 Å². The quantitative estimate of drug-likeness (QED) is 0.0125. The van der Waals surface area contributed by atoms with Gasteiger partial charge in [-0.2, -0.15) is 127 Å². The predicted octanol–water partition coefficient (Wildman–Crippen LogP) is 26.2. The van der Waals surface area contributed by atoms with Gasteiger partial charge >= 0.3 is 49.4 Å². The monoisotopic (exact) mass is 1520 g/mol. The lowest BCUT2D eigenvalue weighted by atomic mass is 9.12. The Morgan fingerprint density at radius 3 is 0.612 bits per heavy atom. The molecule has 0 heterocycles. The lowest BCUT2D eigenvalue weighted by Crippen LogP contribution is -2.75. The molecule has 0 aliphatic carbocycles. The summed E-state index contributed by atoms with van der Waals surface area (Å²) in [5.74, 6) is 3.70. The van der Waals surface area contributed by atoms with Gasteiger partial charge in [-0.05, 0) is 60.8 Å². The molecule has 0 N–H and O–H groups in total. The van der Waals surface area contributed by atoms with Crippen LogP contribution in [-0.4, -0.2) is 29.2 Å². The average molecular weight is 1520 g/mol. The summed E-state index contributed by atoms with van der Waals surface area (Å²) in [4.78, 5) is 13.0. The minimum atomic E-state index is -6.13. The van der Waals surface area contributed by atoms with E-state index in [2.05, 4.69) is 13.8 Å². The molecular formula is C76H93BF24OS. The lowest BCUT2D eigenvalue weighted by molar-refractivity contribution is -0.144. The fourth-order valence-electron chi connectivity index (χ4n) is 12.9. The fourth-order valence-corrected chi connectivity index (χ4v) is 15.2. The van der Waals surface area contributed by atoms with Crippen LogP contribution in [0.4, 0.5) is 105 Å². The van der Waals surface area contributed by atoms with E-state index in [0.29, 0.717) is 5.78 Å². The van der Waals surface area contributed by atoms with E-state index in [1.807, 2.05) is 30.3 Å². The summed E-state index contributed by atoms with van der Waals surface area (Å²) in [5, 5.41) is 0. The summed E-state index contributed by atoms with van der Waals surface area (Å²) < 4.78 is 341. The largest absolute Gasteiger partial charge is 0.416 e. The Labute approximate surface area is 591 Å². The Morgan fingerprint density at radius 1 is 0.262 bits per heavy atom. The van der Waals surface area contributed by atoms with E-state index in [9.17, 15) is 110 Å². The van der Waals surface area contributed by atoms with Crippen molar-refractivity contribution in [3.05, 3.63) is 153 Å². The molecule has 0 fully saturated rings. The van der Waals surface area contributed by atoms with Crippen LogP contribution in [0.1, 0.15) is 274 Å². The maximum Gasteiger partial charge on any atom is 0.416 e. The standard InChI is InChI=1S/C44H81OS.C32H12BF24/c1-3-5-7-9-11-13-15-17-19-21-23-25-27-29-31-36-40-46(42-44(45)43-38-34-33-35-39-43)41-37-32-30-28-26-24-22-20-18-16-14-12-10-8-6-4-2;34-25(35,36)13-1-14(26(37,38)39)6-21(5-13)33(22-7-15(27(40,41)42)2-16(8-22)28(43,44)45,23-9-17(29(46,47)48)3-18(10-23)30(49,50)51)24-11-19(31(52,53)54)4-20(12-24)32(55,56)57/h33-35,38-39H,3-32,36-37,40-42H2,1-2H3;1-12H/q+1;-1. The van der Waals surface area contributed by atoms with E-state index in [0.717, 1.165) is 11.3 Å². The minimum absolute atomic E-state index is 0.261. The van der Waals surface area contributed by atoms with Crippen molar-refractivity contribution in [2.45, 2.75) is 269 Å². The molecule has 580 valence electrons. The second-order valence-corrected chi connectivity index (χ2v) is 29.1. The number of halogens is 24. The van der Waals surface area contributed by atoms with Gasteiger partial charge in [-0.25, -0.2) is 0 Å². The predicted molar refractivity (Wildman–Crippen MR) is 362 cm³/mol. The third-order valence-corrected chi connectivity index (χ3v) is 20.8. The van der Waals surface area contributed by atoms with Gasteiger partial charge in [-0.15, -0.1) is 0 Å². The van der Waals surface area contributed by atoms with Crippen LogP contribution in [-0.2, 0) is 60.3 Å². The van der Waals surface area contributed by atoms with E-state index in [-0.39, 0.29) is 10.9 Å². The molecule has 0 atom stereocenters. The number of unbranched alkanes of at least 4 members (excludes halogenated alkanes) is 30. The highest BCUT2D eigenvalue weighted by molar-refractivity contribution is 7.97. The van der Waals surface area contributed by atoms with E-state index < -0.39 is 195 Å². The van der Waals surface area contributed by atoms with Gasteiger partial charge < -0.3 is 0 Å². The van der Waals surface area contributed by atoms with Gasteiger partial charge in [0, 0.05) is 5.56 Å². The Bertz CT molecular complexity index is 2790. The van der Waals surface area contributed by atoms with Gasteiger partial charge in [0.15, 0.2) is 5.75 Å². The SMILES string of the molecule is CCCCCCCCCCCCCCCCCC[S+](CCCCCCCCCCCCCCCCCC)CC(=O)c1ccccc1.FC(F)(F)c1cc([B-](c2cc(C(F)(F)F)cc(C(F)(F)F)c2)(c2cc(C(F)(F)F)cc(C(F)(F)F)c2)c2cc(C(F)(F)F)cc(C(F)(F)F)c2)cc(C(F)(F)F)c1. The average Bonchev–Trinajstić information content (AvgIpc) is 0.708. The summed E-state index contributed by atoms with van der Waals surface area (Å²) in [7, 11) is 0.261. The number of ketones is 1. The van der Waals surface area contributed by atoms with E-state index in [1.165, 1.54) is 217 Å². The van der Waals surface area contributed by atoms with Crippen LogP contribution in [0.15, 0.2) is 103 Å². The molecule has 0 aromatic heterocycles. The van der Waals surface area contributed by atoms with E-state index >= 15 is 0 Å². The second-order valence-electron chi connectivity index (χ2n) is 26.8. The molecule has 5 aromatic rings. The lowest BCUT2D eigenvalue weighted by Gasteiger charge is -2.46. The molecule has 0 saturated carbocycles. The summed E-state index contributed by atoms with van der Waals surface area (Å²) in [6, 6.07) is 1.24. The third-order valence-electron chi connectivity index (χ3n) is 18.4. The molecule has 27 heteroatoms. The molecule has 0 bridgehead atoms. The van der Waals surface area contributed by atoms with Gasteiger partial charge in [0.05, 0.1) is 44.5 Å². The van der Waals surface area contributed by atoms with Crippen molar-refractivity contribution in [3.8, 4) is 0 Å². The zero-order valence-electron chi connectivity index (χ0n) is 58.0. The molecule has 0 spiro atoms. The Balaban J connectivity index is 0.000000448. The maximum atomic E-state index is 14.2. The number of alkyl halides is 24. The van der Waals surface area contributed by atoms with Crippen LogP contribution >= 0.6 is 0 Å². The maximum absolute atomic E-state index is 14.2. The number of hydrogen-bond acceptors (Lipinski definition) is 1. The number of hydrogen-bond donors (Lipinski definition) is 0. The zero-order chi connectivity index (χ0) is 76.9. The first kappa shape index (κ1) is 89.9. The van der Waals surface area contributed by atoms with Crippen molar-refractivity contribution in [1.82, 2.24) is 0 Å². The number of carbonyl (C=O) groups excluding carboxylic acids is 1. The molecule has 0 amide bonds. The van der Waals surface area contributed by atoms with Gasteiger partial charge in [0.2, 0.25) is 5.78 Å².